The molecule has 0 fully saturated rings. The maximum atomic E-state index is 12.5. The fraction of sp³-hybridized carbons (Fsp3) is 0.0769. The van der Waals surface area contributed by atoms with Crippen LogP contribution in [0, 0.1) is 0 Å². The third-order valence-electron chi connectivity index (χ3n) is 5.49. The van der Waals surface area contributed by atoms with Gasteiger partial charge in [0, 0.05) is 11.1 Å². The highest BCUT2D eigenvalue weighted by Crippen LogP contribution is 2.42. The molecule has 1 heterocycles. The van der Waals surface area contributed by atoms with Crippen molar-refractivity contribution in [1.29, 1.82) is 0 Å². The van der Waals surface area contributed by atoms with Crippen LogP contribution in [0.4, 0.5) is 0 Å². The van der Waals surface area contributed by atoms with Crippen LogP contribution < -0.4 is 10.9 Å². The highest BCUT2D eigenvalue weighted by atomic mass is 16.3. The lowest BCUT2D eigenvalue weighted by Crippen LogP contribution is -2.38. The SMILES string of the molecule is O=C(Cn1nnc(-c2ccccc2)n1)NNC1=C[C@@](O)(c2ccccc2)C(c2ccccc2)=C1. The standard InChI is InChI=1S/C26H22N6O2/c33-24(18-32-30-25(29-31-32)20-12-6-2-7-13-20)28-27-22-16-23(19-10-4-1-5-11-19)26(34,17-22)21-14-8-3-9-15-21/h1-17,27,34H,18H2,(H,28,33)/t26-/m1/s1. The molecule has 0 spiro atoms. The summed E-state index contributed by atoms with van der Waals surface area (Å²) in [7, 11) is 0. The minimum atomic E-state index is -1.34. The number of nitrogens with zero attached hydrogens (tertiary/aromatic N) is 4. The van der Waals surface area contributed by atoms with Crippen LogP contribution in [0.5, 0.6) is 0 Å². The van der Waals surface area contributed by atoms with E-state index in [4.69, 9.17) is 0 Å². The number of rotatable bonds is 7. The first-order valence-corrected chi connectivity index (χ1v) is 10.8. The molecule has 0 saturated carbocycles. The Morgan fingerprint density at radius 1 is 0.882 bits per heavy atom. The quantitative estimate of drug-likeness (QED) is 0.374. The number of allylic oxidation sites excluding steroid dienone is 1. The van der Waals surface area contributed by atoms with Crippen molar-refractivity contribution in [3.05, 3.63) is 120 Å². The summed E-state index contributed by atoms with van der Waals surface area (Å²) in [4.78, 5) is 13.7. The third-order valence-corrected chi connectivity index (χ3v) is 5.49. The number of hydrazine groups is 1. The Bertz CT molecular complexity index is 1350. The smallest absolute Gasteiger partial charge is 0.261 e. The molecule has 8 heteroatoms. The molecule has 0 aliphatic heterocycles. The number of aliphatic hydroxyl groups is 1. The summed E-state index contributed by atoms with van der Waals surface area (Å²) >= 11 is 0. The molecule has 0 bridgehead atoms. The number of hydrogen-bond donors (Lipinski definition) is 3. The predicted octanol–water partition coefficient (Wildman–Crippen LogP) is 2.83. The van der Waals surface area contributed by atoms with Crippen LogP contribution in [-0.4, -0.2) is 31.2 Å². The number of benzene rings is 3. The molecule has 8 nitrogen and oxygen atoms in total. The fourth-order valence-corrected chi connectivity index (χ4v) is 3.86. The molecule has 168 valence electrons. The molecule has 3 aromatic carbocycles. The molecule has 1 aliphatic rings. The summed E-state index contributed by atoms with van der Waals surface area (Å²) in [6.07, 6.45) is 3.51. The van der Waals surface area contributed by atoms with Crippen LogP contribution in [0.2, 0.25) is 0 Å². The summed E-state index contributed by atoms with van der Waals surface area (Å²) in [5, 5.41) is 23.8. The van der Waals surface area contributed by atoms with Crippen molar-refractivity contribution < 1.29 is 9.90 Å². The Kier molecular flexibility index (Phi) is 5.72. The van der Waals surface area contributed by atoms with Crippen LogP contribution in [0.15, 0.2) is 109 Å². The van der Waals surface area contributed by atoms with Crippen LogP contribution in [0.1, 0.15) is 11.1 Å². The molecule has 3 N–H and O–H groups in total. The fourth-order valence-electron chi connectivity index (χ4n) is 3.86. The van der Waals surface area contributed by atoms with Crippen molar-refractivity contribution >= 4 is 11.5 Å². The van der Waals surface area contributed by atoms with E-state index in [9.17, 15) is 9.90 Å². The van der Waals surface area contributed by atoms with E-state index < -0.39 is 5.60 Å². The summed E-state index contributed by atoms with van der Waals surface area (Å²) < 4.78 is 0. The summed E-state index contributed by atoms with van der Waals surface area (Å²) in [5.41, 5.74) is 7.91. The maximum Gasteiger partial charge on any atom is 0.261 e. The molecule has 34 heavy (non-hydrogen) atoms. The molecule has 1 atom stereocenters. The molecule has 1 aromatic heterocycles. The highest BCUT2D eigenvalue weighted by Gasteiger charge is 2.36. The van der Waals surface area contributed by atoms with E-state index in [1.807, 2.05) is 97.1 Å². The van der Waals surface area contributed by atoms with Gasteiger partial charge in [0.25, 0.3) is 5.91 Å². The van der Waals surface area contributed by atoms with Crippen LogP contribution in [0.3, 0.4) is 0 Å². The van der Waals surface area contributed by atoms with Crippen LogP contribution >= 0.6 is 0 Å². The van der Waals surface area contributed by atoms with E-state index in [1.54, 1.807) is 6.08 Å². The molecule has 1 amide bonds. The molecule has 0 saturated heterocycles. The predicted molar refractivity (Wildman–Crippen MR) is 127 cm³/mol. The zero-order chi connectivity index (χ0) is 23.4. The van der Waals surface area contributed by atoms with Gasteiger partial charge in [0.1, 0.15) is 12.1 Å². The third kappa shape index (κ3) is 4.35. The lowest BCUT2D eigenvalue weighted by atomic mass is 9.85. The van der Waals surface area contributed by atoms with Crippen molar-refractivity contribution in [2.45, 2.75) is 12.1 Å². The van der Waals surface area contributed by atoms with Crippen molar-refractivity contribution in [2.75, 3.05) is 0 Å². The monoisotopic (exact) mass is 450 g/mol. The van der Waals surface area contributed by atoms with Gasteiger partial charge in [0.15, 0.2) is 0 Å². The molecular weight excluding hydrogens is 428 g/mol. The number of hydrogen-bond acceptors (Lipinski definition) is 6. The van der Waals surface area contributed by atoms with E-state index in [-0.39, 0.29) is 12.5 Å². The molecular formula is C26H22N6O2. The number of nitrogens with one attached hydrogen (secondary N) is 2. The van der Waals surface area contributed by atoms with Gasteiger partial charge >= 0.3 is 0 Å². The van der Waals surface area contributed by atoms with E-state index in [0.717, 1.165) is 16.7 Å². The topological polar surface area (TPSA) is 105 Å². The van der Waals surface area contributed by atoms with Gasteiger partial charge in [-0.15, -0.1) is 10.2 Å². The lowest BCUT2D eigenvalue weighted by molar-refractivity contribution is -0.122. The number of tetrazole rings is 1. The van der Waals surface area contributed by atoms with Gasteiger partial charge in [-0.1, -0.05) is 91.0 Å². The first kappa shape index (κ1) is 21.3. The summed E-state index contributed by atoms with van der Waals surface area (Å²) in [6, 6.07) is 28.5. The van der Waals surface area contributed by atoms with Gasteiger partial charge < -0.3 is 5.11 Å². The highest BCUT2D eigenvalue weighted by molar-refractivity contribution is 5.82. The number of aromatic nitrogens is 4. The van der Waals surface area contributed by atoms with Crippen molar-refractivity contribution in [3.8, 4) is 11.4 Å². The zero-order valence-corrected chi connectivity index (χ0v) is 18.2. The minimum Gasteiger partial charge on any atom is -0.377 e. The van der Waals surface area contributed by atoms with Gasteiger partial charge in [-0.25, -0.2) is 0 Å². The van der Waals surface area contributed by atoms with Crippen molar-refractivity contribution in [1.82, 2.24) is 31.1 Å². The average Bonchev–Trinajstić information content (AvgIpc) is 3.49. The summed E-state index contributed by atoms with van der Waals surface area (Å²) in [5.74, 6) is 0.0888. The largest absolute Gasteiger partial charge is 0.377 e. The van der Waals surface area contributed by atoms with Crippen LogP contribution in [-0.2, 0) is 16.9 Å². The Labute approximate surface area is 196 Å². The normalized spacial score (nSPS) is 17.1. The first-order chi connectivity index (χ1) is 16.6. The number of amides is 1. The average molecular weight is 451 g/mol. The van der Waals surface area contributed by atoms with Gasteiger partial charge in [-0.3, -0.25) is 15.6 Å². The van der Waals surface area contributed by atoms with Crippen LogP contribution in [0.25, 0.3) is 17.0 Å². The molecule has 1 aliphatic carbocycles. The Morgan fingerprint density at radius 2 is 1.50 bits per heavy atom. The zero-order valence-electron chi connectivity index (χ0n) is 18.2. The second-order valence-electron chi connectivity index (χ2n) is 7.84. The second kappa shape index (κ2) is 9.13. The second-order valence-corrected chi connectivity index (χ2v) is 7.84. The minimum absolute atomic E-state index is 0.113. The molecule has 5 rings (SSSR count). The van der Waals surface area contributed by atoms with Gasteiger partial charge in [-0.05, 0) is 28.5 Å². The Balaban J connectivity index is 1.30. The van der Waals surface area contributed by atoms with E-state index in [1.165, 1.54) is 4.80 Å². The lowest BCUT2D eigenvalue weighted by Gasteiger charge is -2.25. The molecule has 0 radical (unpaired) electrons. The first-order valence-electron chi connectivity index (χ1n) is 10.8. The molecule has 4 aromatic rings. The van der Waals surface area contributed by atoms with Gasteiger partial charge in [0.05, 0.1) is 5.70 Å². The Hall–Kier alpha value is -4.56. The number of carbonyl (C=O) groups is 1. The summed E-state index contributed by atoms with van der Waals surface area (Å²) in [6.45, 7) is -0.113. The molecule has 0 unspecified atom stereocenters. The van der Waals surface area contributed by atoms with Gasteiger partial charge in [-0.2, -0.15) is 4.80 Å². The van der Waals surface area contributed by atoms with Crippen molar-refractivity contribution in [3.63, 3.8) is 0 Å². The van der Waals surface area contributed by atoms with E-state index >= 15 is 0 Å². The number of carbonyl (C=O) groups excluding carboxylic acids is 1. The maximum absolute atomic E-state index is 12.5. The Morgan fingerprint density at radius 3 is 2.18 bits per heavy atom. The van der Waals surface area contributed by atoms with E-state index in [0.29, 0.717) is 17.1 Å². The van der Waals surface area contributed by atoms with E-state index in [2.05, 4.69) is 26.3 Å². The van der Waals surface area contributed by atoms with Crippen molar-refractivity contribution in [2.24, 2.45) is 0 Å². The van der Waals surface area contributed by atoms with Gasteiger partial charge in [0.2, 0.25) is 5.82 Å².